The second-order valence-corrected chi connectivity index (χ2v) is 4.00. The molecule has 2 rings (SSSR count). The summed E-state index contributed by atoms with van der Waals surface area (Å²) in [5.74, 6) is 1.74. The van der Waals surface area contributed by atoms with Crippen molar-refractivity contribution in [1.29, 1.82) is 0 Å². The number of benzene rings is 1. The van der Waals surface area contributed by atoms with Gasteiger partial charge >= 0.3 is 0 Å². The molecule has 0 bridgehead atoms. The van der Waals surface area contributed by atoms with Crippen LogP contribution in [0.5, 0.6) is 11.6 Å². The molecule has 18 heavy (non-hydrogen) atoms. The van der Waals surface area contributed by atoms with Crippen LogP contribution in [0.4, 0.5) is 0 Å². The molecule has 3 nitrogen and oxygen atoms in total. The van der Waals surface area contributed by atoms with Crippen LogP contribution in [0, 0.1) is 0 Å². The summed E-state index contributed by atoms with van der Waals surface area (Å²) in [6.45, 7) is 0. The average molecular weight is 264 g/mol. The van der Waals surface area contributed by atoms with Crippen molar-refractivity contribution in [2.24, 2.45) is 0 Å². The van der Waals surface area contributed by atoms with Crippen LogP contribution in [0.1, 0.15) is 5.56 Å². The first-order chi connectivity index (χ1) is 8.78. The Labute approximate surface area is 111 Å². The first-order valence-corrected chi connectivity index (χ1v) is 6.06. The molecule has 0 aliphatic carbocycles. The number of nitrogens with zero attached hydrogens (tertiary/aromatic N) is 1. The highest BCUT2D eigenvalue weighted by molar-refractivity contribution is 6.17. The molecule has 0 aliphatic heterocycles. The van der Waals surface area contributed by atoms with E-state index < -0.39 is 0 Å². The maximum absolute atomic E-state index is 5.82. The van der Waals surface area contributed by atoms with Gasteiger partial charge in [0, 0.05) is 11.1 Å². The highest BCUT2D eigenvalue weighted by Crippen LogP contribution is 2.26. The Hall–Kier alpha value is -1.74. The van der Waals surface area contributed by atoms with E-state index in [-0.39, 0.29) is 0 Å². The van der Waals surface area contributed by atoms with Crippen molar-refractivity contribution in [3.05, 3.63) is 42.0 Å². The molecule has 0 saturated heterocycles. The number of alkyl halides is 1. The van der Waals surface area contributed by atoms with Crippen molar-refractivity contribution >= 4 is 11.6 Å². The summed E-state index contributed by atoms with van der Waals surface area (Å²) in [6, 6.07) is 11.6. The minimum atomic E-state index is 0.383. The molecular formula is C14H14ClNO2. The van der Waals surface area contributed by atoms with Crippen LogP contribution < -0.4 is 9.47 Å². The van der Waals surface area contributed by atoms with Crippen molar-refractivity contribution in [2.75, 3.05) is 14.2 Å². The molecule has 1 aromatic heterocycles. The highest BCUT2D eigenvalue weighted by atomic mass is 35.5. The summed E-state index contributed by atoms with van der Waals surface area (Å²) in [4.78, 5) is 4.45. The summed E-state index contributed by atoms with van der Waals surface area (Å²) < 4.78 is 10.4. The minimum Gasteiger partial charge on any atom is -0.497 e. The van der Waals surface area contributed by atoms with Crippen LogP contribution in [0.3, 0.4) is 0 Å². The first-order valence-electron chi connectivity index (χ1n) is 5.52. The van der Waals surface area contributed by atoms with Gasteiger partial charge in [0.1, 0.15) is 5.75 Å². The predicted octanol–water partition coefficient (Wildman–Crippen LogP) is 3.50. The van der Waals surface area contributed by atoms with Crippen LogP contribution in [-0.2, 0) is 5.88 Å². The van der Waals surface area contributed by atoms with E-state index in [2.05, 4.69) is 4.98 Å². The Balaban J connectivity index is 2.43. The standard InChI is InChI=1S/C14H14ClNO2/c1-17-12-5-3-4-10(8-12)13-7-6-11(9-15)14(16-13)18-2/h3-8H,9H2,1-2H3. The van der Waals surface area contributed by atoms with Gasteiger partial charge in [0.05, 0.1) is 25.8 Å². The van der Waals surface area contributed by atoms with Crippen LogP contribution >= 0.6 is 11.6 Å². The van der Waals surface area contributed by atoms with Crippen LogP contribution in [0.2, 0.25) is 0 Å². The maximum Gasteiger partial charge on any atom is 0.218 e. The smallest absolute Gasteiger partial charge is 0.218 e. The third-order valence-electron chi connectivity index (χ3n) is 2.64. The summed E-state index contributed by atoms with van der Waals surface area (Å²) in [5, 5.41) is 0. The number of halogens is 1. The number of hydrogen-bond acceptors (Lipinski definition) is 3. The molecule has 0 fully saturated rings. The van der Waals surface area contributed by atoms with Crippen molar-refractivity contribution in [2.45, 2.75) is 5.88 Å². The first kappa shape index (κ1) is 12.7. The number of rotatable bonds is 4. The quantitative estimate of drug-likeness (QED) is 0.791. The number of ether oxygens (including phenoxy) is 2. The van der Waals surface area contributed by atoms with E-state index in [1.807, 2.05) is 36.4 Å². The van der Waals surface area contributed by atoms with Crippen molar-refractivity contribution in [3.63, 3.8) is 0 Å². The fourth-order valence-electron chi connectivity index (χ4n) is 1.69. The van der Waals surface area contributed by atoms with E-state index in [0.29, 0.717) is 11.8 Å². The minimum absolute atomic E-state index is 0.383. The van der Waals surface area contributed by atoms with Crippen LogP contribution in [0.15, 0.2) is 36.4 Å². The van der Waals surface area contributed by atoms with Gasteiger partial charge in [-0.25, -0.2) is 4.98 Å². The lowest BCUT2D eigenvalue weighted by Gasteiger charge is -2.08. The fraction of sp³-hybridized carbons (Fsp3) is 0.214. The zero-order valence-corrected chi connectivity index (χ0v) is 11.1. The molecule has 0 amide bonds. The van der Waals surface area contributed by atoms with E-state index in [4.69, 9.17) is 21.1 Å². The van der Waals surface area contributed by atoms with Gasteiger partial charge in [0.25, 0.3) is 0 Å². The summed E-state index contributed by atoms with van der Waals surface area (Å²) >= 11 is 5.82. The number of aromatic nitrogens is 1. The molecule has 0 saturated carbocycles. The van der Waals surface area contributed by atoms with Gasteiger partial charge in [0.2, 0.25) is 5.88 Å². The van der Waals surface area contributed by atoms with E-state index in [1.165, 1.54) is 0 Å². The summed E-state index contributed by atoms with van der Waals surface area (Å²) in [5.41, 5.74) is 2.69. The lowest BCUT2D eigenvalue weighted by molar-refractivity contribution is 0.394. The third kappa shape index (κ3) is 2.57. The molecule has 94 valence electrons. The molecule has 0 unspecified atom stereocenters. The lowest BCUT2D eigenvalue weighted by Crippen LogP contribution is -1.95. The number of pyridine rings is 1. The predicted molar refractivity (Wildman–Crippen MR) is 72.3 cm³/mol. The van der Waals surface area contributed by atoms with Gasteiger partial charge in [0.15, 0.2) is 0 Å². The van der Waals surface area contributed by atoms with Crippen LogP contribution in [0.25, 0.3) is 11.3 Å². The maximum atomic E-state index is 5.82. The topological polar surface area (TPSA) is 31.4 Å². The molecule has 0 aliphatic rings. The Morgan fingerprint density at radius 2 is 1.94 bits per heavy atom. The molecule has 0 spiro atoms. The second-order valence-electron chi connectivity index (χ2n) is 3.73. The SMILES string of the molecule is COc1cccc(-c2ccc(CCl)c(OC)n2)c1. The number of methoxy groups -OCH3 is 2. The molecule has 1 aromatic carbocycles. The van der Waals surface area contributed by atoms with Crippen molar-refractivity contribution in [1.82, 2.24) is 4.98 Å². The average Bonchev–Trinajstić information content (AvgIpc) is 2.46. The van der Waals surface area contributed by atoms with E-state index >= 15 is 0 Å². The van der Waals surface area contributed by atoms with Gasteiger partial charge < -0.3 is 9.47 Å². The number of hydrogen-bond donors (Lipinski definition) is 0. The summed E-state index contributed by atoms with van der Waals surface area (Å²) in [6.07, 6.45) is 0. The Bertz CT molecular complexity index is 543. The second kappa shape index (κ2) is 5.74. The van der Waals surface area contributed by atoms with E-state index in [0.717, 1.165) is 22.6 Å². The molecule has 2 aromatic rings. The lowest BCUT2D eigenvalue weighted by atomic mass is 10.1. The molecule has 1 heterocycles. The zero-order valence-electron chi connectivity index (χ0n) is 10.3. The normalized spacial score (nSPS) is 10.2. The monoisotopic (exact) mass is 263 g/mol. The third-order valence-corrected chi connectivity index (χ3v) is 2.93. The van der Waals surface area contributed by atoms with Gasteiger partial charge in [-0.1, -0.05) is 18.2 Å². The largest absolute Gasteiger partial charge is 0.497 e. The Morgan fingerprint density at radius 1 is 1.11 bits per heavy atom. The zero-order chi connectivity index (χ0) is 13.0. The van der Waals surface area contributed by atoms with Crippen molar-refractivity contribution in [3.8, 4) is 22.9 Å². The van der Waals surface area contributed by atoms with E-state index in [9.17, 15) is 0 Å². The molecule has 0 atom stereocenters. The molecule has 0 radical (unpaired) electrons. The Morgan fingerprint density at radius 3 is 2.61 bits per heavy atom. The Kier molecular flexibility index (Phi) is 4.05. The highest BCUT2D eigenvalue weighted by Gasteiger charge is 2.07. The van der Waals surface area contributed by atoms with E-state index in [1.54, 1.807) is 14.2 Å². The van der Waals surface area contributed by atoms with Gasteiger partial charge in [-0.05, 0) is 18.2 Å². The van der Waals surface area contributed by atoms with Crippen molar-refractivity contribution < 1.29 is 9.47 Å². The fourth-order valence-corrected chi connectivity index (χ4v) is 1.89. The van der Waals surface area contributed by atoms with Gasteiger partial charge in [-0.2, -0.15) is 0 Å². The van der Waals surface area contributed by atoms with Gasteiger partial charge in [-0.3, -0.25) is 0 Å². The van der Waals surface area contributed by atoms with Gasteiger partial charge in [-0.15, -0.1) is 11.6 Å². The molecule has 0 N–H and O–H groups in total. The van der Waals surface area contributed by atoms with Crippen LogP contribution in [-0.4, -0.2) is 19.2 Å². The summed E-state index contributed by atoms with van der Waals surface area (Å²) in [7, 11) is 3.23. The molecular weight excluding hydrogens is 250 g/mol. The molecule has 4 heteroatoms.